The Labute approximate surface area is 183 Å². The number of carbonyl (C=O) groups is 2. The summed E-state index contributed by atoms with van der Waals surface area (Å²) in [4.78, 5) is 25.3. The molecule has 0 spiro atoms. The topological polar surface area (TPSA) is 71.0 Å². The van der Waals surface area contributed by atoms with Crippen molar-refractivity contribution < 1.29 is 23.1 Å². The van der Waals surface area contributed by atoms with Crippen LogP contribution in [0.4, 0.5) is 13.6 Å². The molecule has 32 heavy (non-hydrogen) atoms. The van der Waals surface area contributed by atoms with Gasteiger partial charge in [-0.2, -0.15) is 13.9 Å². The number of alkyl halides is 2. The second-order valence-electron chi connectivity index (χ2n) is 7.31. The summed E-state index contributed by atoms with van der Waals surface area (Å²) in [5.41, 5.74) is 1.86. The fraction of sp³-hybridized carbons (Fsp3) is 0.125. The number of hydrazone groups is 1. The van der Waals surface area contributed by atoms with Gasteiger partial charge in [0.1, 0.15) is 11.3 Å². The Balaban J connectivity index is 1.49. The van der Waals surface area contributed by atoms with Crippen LogP contribution in [0.3, 0.4) is 0 Å². The van der Waals surface area contributed by atoms with Gasteiger partial charge in [0.05, 0.1) is 6.21 Å². The quantitative estimate of drug-likeness (QED) is 0.449. The summed E-state index contributed by atoms with van der Waals surface area (Å²) >= 11 is 0. The molecule has 8 heteroatoms. The molecule has 162 valence electrons. The van der Waals surface area contributed by atoms with Crippen molar-refractivity contribution in [3.8, 4) is 16.9 Å². The number of halogens is 2. The van der Waals surface area contributed by atoms with Crippen LogP contribution in [0.2, 0.25) is 0 Å². The van der Waals surface area contributed by atoms with Crippen LogP contribution >= 0.6 is 0 Å². The van der Waals surface area contributed by atoms with E-state index in [4.69, 9.17) is 0 Å². The molecule has 1 N–H and O–H groups in total. The molecule has 0 aromatic heterocycles. The summed E-state index contributed by atoms with van der Waals surface area (Å²) in [6, 6.07) is 22.2. The number of nitrogens with one attached hydrogen (secondary N) is 1. The van der Waals surface area contributed by atoms with Gasteiger partial charge in [-0.25, -0.2) is 4.79 Å². The Morgan fingerprint density at radius 1 is 0.938 bits per heavy atom. The zero-order chi connectivity index (χ0) is 22.7. The van der Waals surface area contributed by atoms with Crippen molar-refractivity contribution in [2.45, 2.75) is 19.1 Å². The molecule has 1 atom stereocenters. The lowest BCUT2D eigenvalue weighted by Gasteiger charge is -2.21. The summed E-state index contributed by atoms with van der Waals surface area (Å²) in [6.07, 6.45) is 1.43. The molecule has 3 aromatic carbocycles. The minimum Gasteiger partial charge on any atom is -0.435 e. The Kier molecular flexibility index (Phi) is 5.68. The number of hydrogen-bond acceptors (Lipinski definition) is 4. The average molecular weight is 435 g/mol. The molecule has 1 saturated heterocycles. The van der Waals surface area contributed by atoms with Crippen LogP contribution in [0.5, 0.6) is 5.75 Å². The number of urea groups is 1. The van der Waals surface area contributed by atoms with Gasteiger partial charge in [-0.05, 0) is 41.3 Å². The van der Waals surface area contributed by atoms with Crippen LogP contribution in [0.15, 0.2) is 84.0 Å². The third-order valence-corrected chi connectivity index (χ3v) is 5.17. The van der Waals surface area contributed by atoms with Crippen LogP contribution in [0, 0.1) is 0 Å². The Morgan fingerprint density at radius 2 is 1.56 bits per heavy atom. The molecule has 1 fully saturated rings. The van der Waals surface area contributed by atoms with Gasteiger partial charge in [-0.3, -0.25) is 4.79 Å². The van der Waals surface area contributed by atoms with E-state index in [1.165, 1.54) is 37.4 Å². The van der Waals surface area contributed by atoms with Crippen molar-refractivity contribution in [1.82, 2.24) is 10.3 Å². The van der Waals surface area contributed by atoms with E-state index < -0.39 is 24.1 Å². The molecule has 4 rings (SSSR count). The molecule has 6 nitrogen and oxygen atoms in total. The van der Waals surface area contributed by atoms with Gasteiger partial charge < -0.3 is 10.1 Å². The van der Waals surface area contributed by atoms with Crippen molar-refractivity contribution in [3.63, 3.8) is 0 Å². The predicted molar refractivity (Wildman–Crippen MR) is 115 cm³/mol. The largest absolute Gasteiger partial charge is 0.435 e. The Morgan fingerprint density at radius 3 is 2.19 bits per heavy atom. The number of amides is 3. The number of hydrogen-bond donors (Lipinski definition) is 1. The number of imide groups is 1. The van der Waals surface area contributed by atoms with E-state index in [0.29, 0.717) is 11.1 Å². The summed E-state index contributed by atoms with van der Waals surface area (Å²) in [6.45, 7) is -1.42. The fourth-order valence-corrected chi connectivity index (χ4v) is 3.41. The standard InChI is InChI=1S/C24H19F2N3O3/c1-24(19-11-13-20(14-12-19)32-22(25)26)21(30)29(23(31)28-24)27-15-16-7-9-18(10-8-16)17-5-3-2-4-6-17/h2-15,22H,1H3,(H,28,31). The van der Waals surface area contributed by atoms with E-state index in [1.54, 1.807) is 0 Å². The number of ether oxygens (including phenoxy) is 1. The smallest absolute Gasteiger partial charge is 0.387 e. The number of nitrogens with zero attached hydrogens (tertiary/aromatic N) is 2. The van der Waals surface area contributed by atoms with E-state index in [0.717, 1.165) is 16.1 Å². The SMILES string of the molecule is CC1(c2ccc(OC(F)F)cc2)NC(=O)N(N=Cc2ccc(-c3ccccc3)cc2)C1=O. The van der Waals surface area contributed by atoms with E-state index in [1.807, 2.05) is 54.6 Å². The first kappa shape index (κ1) is 21.2. The summed E-state index contributed by atoms with van der Waals surface area (Å²) in [5, 5.41) is 7.43. The van der Waals surface area contributed by atoms with Crippen LogP contribution in [0.25, 0.3) is 11.1 Å². The molecule has 3 aromatic rings. The molecule has 0 aliphatic carbocycles. The van der Waals surface area contributed by atoms with Gasteiger partial charge in [0.25, 0.3) is 5.91 Å². The zero-order valence-corrected chi connectivity index (χ0v) is 17.0. The van der Waals surface area contributed by atoms with Crippen LogP contribution in [-0.2, 0) is 10.3 Å². The molecule has 1 aliphatic heterocycles. The zero-order valence-electron chi connectivity index (χ0n) is 17.0. The first-order chi connectivity index (χ1) is 15.4. The second kappa shape index (κ2) is 8.58. The lowest BCUT2D eigenvalue weighted by molar-refractivity contribution is -0.131. The van der Waals surface area contributed by atoms with Crippen molar-refractivity contribution in [2.75, 3.05) is 0 Å². The second-order valence-corrected chi connectivity index (χ2v) is 7.31. The molecule has 0 bridgehead atoms. The Bertz CT molecular complexity index is 1150. The van der Waals surface area contributed by atoms with Crippen LogP contribution in [-0.4, -0.2) is 29.8 Å². The van der Waals surface area contributed by atoms with Crippen LogP contribution in [0.1, 0.15) is 18.1 Å². The summed E-state index contributed by atoms with van der Waals surface area (Å²) < 4.78 is 29.0. The molecular weight excluding hydrogens is 416 g/mol. The van der Waals surface area contributed by atoms with E-state index in [9.17, 15) is 18.4 Å². The van der Waals surface area contributed by atoms with Gasteiger partial charge >= 0.3 is 12.6 Å². The maximum absolute atomic E-state index is 12.9. The van der Waals surface area contributed by atoms with E-state index in [-0.39, 0.29) is 5.75 Å². The summed E-state index contributed by atoms with van der Waals surface area (Å²) in [5.74, 6) is -0.625. The Hall–Kier alpha value is -4.07. The molecular formula is C24H19F2N3O3. The van der Waals surface area contributed by atoms with Crippen LogP contribution < -0.4 is 10.1 Å². The van der Waals surface area contributed by atoms with Crippen molar-refractivity contribution in [1.29, 1.82) is 0 Å². The van der Waals surface area contributed by atoms with Crippen molar-refractivity contribution in [2.24, 2.45) is 5.10 Å². The lowest BCUT2D eigenvalue weighted by Crippen LogP contribution is -2.40. The molecule has 1 unspecified atom stereocenters. The van der Waals surface area contributed by atoms with Crippen molar-refractivity contribution >= 4 is 18.2 Å². The maximum Gasteiger partial charge on any atom is 0.387 e. The van der Waals surface area contributed by atoms with Gasteiger partial charge in [0.15, 0.2) is 0 Å². The highest BCUT2D eigenvalue weighted by atomic mass is 19.3. The normalized spacial score (nSPS) is 18.4. The van der Waals surface area contributed by atoms with Gasteiger partial charge in [-0.15, -0.1) is 5.01 Å². The monoisotopic (exact) mass is 435 g/mol. The first-order valence-electron chi connectivity index (χ1n) is 9.78. The highest BCUT2D eigenvalue weighted by molar-refractivity contribution is 6.07. The predicted octanol–water partition coefficient (Wildman–Crippen LogP) is 4.76. The third kappa shape index (κ3) is 4.20. The number of rotatable bonds is 6. The van der Waals surface area contributed by atoms with E-state index >= 15 is 0 Å². The first-order valence-corrected chi connectivity index (χ1v) is 9.78. The molecule has 1 aliphatic rings. The summed E-state index contributed by atoms with van der Waals surface area (Å²) in [7, 11) is 0. The minimum absolute atomic E-state index is 0.0436. The molecule has 0 radical (unpaired) electrons. The lowest BCUT2D eigenvalue weighted by atomic mass is 9.92. The third-order valence-electron chi connectivity index (χ3n) is 5.17. The highest BCUT2D eigenvalue weighted by Crippen LogP contribution is 2.30. The number of benzene rings is 3. The van der Waals surface area contributed by atoms with E-state index in [2.05, 4.69) is 15.2 Å². The average Bonchev–Trinajstić information content (AvgIpc) is 3.02. The molecule has 0 saturated carbocycles. The van der Waals surface area contributed by atoms with Gasteiger partial charge in [0.2, 0.25) is 0 Å². The fourth-order valence-electron chi connectivity index (χ4n) is 3.41. The number of carbonyl (C=O) groups excluding carboxylic acids is 2. The molecule has 3 amide bonds. The molecule has 1 heterocycles. The minimum atomic E-state index is -2.95. The maximum atomic E-state index is 12.9. The van der Waals surface area contributed by atoms with Gasteiger partial charge in [0, 0.05) is 0 Å². The van der Waals surface area contributed by atoms with Crippen molar-refractivity contribution in [3.05, 3.63) is 90.0 Å². The highest BCUT2D eigenvalue weighted by Gasteiger charge is 2.49. The van der Waals surface area contributed by atoms with Gasteiger partial charge in [-0.1, -0.05) is 66.7 Å².